The molecule has 0 radical (unpaired) electrons. The van der Waals surface area contributed by atoms with Gasteiger partial charge in [-0.3, -0.25) is 4.79 Å². The summed E-state index contributed by atoms with van der Waals surface area (Å²) in [6.45, 7) is 6.28. The first kappa shape index (κ1) is 16.0. The number of hydrogen-bond donors (Lipinski definition) is 1. The Labute approximate surface area is 136 Å². The van der Waals surface area contributed by atoms with Gasteiger partial charge in [-0.2, -0.15) is 0 Å². The van der Waals surface area contributed by atoms with E-state index in [9.17, 15) is 4.79 Å². The third kappa shape index (κ3) is 3.56. The van der Waals surface area contributed by atoms with Gasteiger partial charge >= 0.3 is 0 Å². The third-order valence-electron chi connectivity index (χ3n) is 4.45. The fourth-order valence-electron chi connectivity index (χ4n) is 3.06. The van der Waals surface area contributed by atoms with Gasteiger partial charge in [0.05, 0.1) is 19.8 Å². The summed E-state index contributed by atoms with van der Waals surface area (Å²) >= 11 is 0. The van der Waals surface area contributed by atoms with Crippen LogP contribution in [0.3, 0.4) is 0 Å². The van der Waals surface area contributed by atoms with Crippen LogP contribution in [0.15, 0.2) is 18.3 Å². The molecular weight excluding hydrogens is 296 g/mol. The van der Waals surface area contributed by atoms with Crippen molar-refractivity contribution in [3.8, 4) is 5.75 Å². The van der Waals surface area contributed by atoms with Gasteiger partial charge in [0.2, 0.25) is 5.91 Å². The molecule has 2 fully saturated rings. The number of amides is 1. The zero-order valence-corrected chi connectivity index (χ0v) is 13.7. The summed E-state index contributed by atoms with van der Waals surface area (Å²) < 4.78 is 10.8. The van der Waals surface area contributed by atoms with E-state index in [0.29, 0.717) is 19.7 Å². The first-order valence-corrected chi connectivity index (χ1v) is 8.08. The van der Waals surface area contributed by atoms with Crippen LogP contribution in [0.25, 0.3) is 0 Å². The molecule has 2 aliphatic heterocycles. The van der Waals surface area contributed by atoms with E-state index in [1.165, 1.54) is 0 Å². The van der Waals surface area contributed by atoms with Crippen molar-refractivity contribution in [2.24, 2.45) is 0 Å². The van der Waals surface area contributed by atoms with Crippen molar-refractivity contribution in [3.63, 3.8) is 0 Å². The molecule has 0 aromatic carbocycles. The molecule has 0 unspecified atom stereocenters. The van der Waals surface area contributed by atoms with E-state index in [1.54, 1.807) is 13.3 Å². The van der Waals surface area contributed by atoms with Crippen LogP contribution in [0, 0.1) is 0 Å². The molecule has 3 heterocycles. The molecule has 0 aliphatic carbocycles. The van der Waals surface area contributed by atoms with Gasteiger partial charge in [-0.15, -0.1) is 0 Å². The van der Waals surface area contributed by atoms with Gasteiger partial charge < -0.3 is 24.6 Å². The summed E-state index contributed by atoms with van der Waals surface area (Å²) in [5, 5.41) is 3.27. The maximum absolute atomic E-state index is 12.6. The number of pyridine rings is 1. The lowest BCUT2D eigenvalue weighted by Gasteiger charge is -2.39. The van der Waals surface area contributed by atoms with Crippen molar-refractivity contribution in [3.05, 3.63) is 18.3 Å². The Bertz CT molecular complexity index is 546. The van der Waals surface area contributed by atoms with E-state index in [-0.39, 0.29) is 18.1 Å². The van der Waals surface area contributed by atoms with E-state index in [2.05, 4.69) is 15.2 Å². The summed E-state index contributed by atoms with van der Waals surface area (Å²) in [6.07, 6.45) is 1.67. The van der Waals surface area contributed by atoms with Crippen LogP contribution >= 0.6 is 0 Å². The van der Waals surface area contributed by atoms with Crippen molar-refractivity contribution < 1.29 is 14.3 Å². The Hall–Kier alpha value is -1.86. The summed E-state index contributed by atoms with van der Waals surface area (Å²) in [6, 6.07) is 3.53. The van der Waals surface area contributed by atoms with E-state index in [4.69, 9.17) is 9.47 Å². The molecule has 2 aliphatic rings. The van der Waals surface area contributed by atoms with Gasteiger partial charge in [0.25, 0.3) is 0 Å². The van der Waals surface area contributed by atoms with Gasteiger partial charge in [0, 0.05) is 45.0 Å². The maximum atomic E-state index is 12.6. The average Bonchev–Trinajstić information content (AvgIpc) is 2.62. The smallest absolute Gasteiger partial charge is 0.242 e. The van der Waals surface area contributed by atoms with Gasteiger partial charge in [0.1, 0.15) is 17.6 Å². The fraction of sp³-hybridized carbons (Fsp3) is 0.625. The number of methoxy groups -OCH3 is 1. The van der Waals surface area contributed by atoms with Crippen molar-refractivity contribution in [2.75, 3.05) is 51.3 Å². The zero-order chi connectivity index (χ0) is 16.2. The van der Waals surface area contributed by atoms with Crippen molar-refractivity contribution >= 4 is 11.7 Å². The molecule has 0 saturated carbocycles. The van der Waals surface area contributed by atoms with Crippen LogP contribution < -0.4 is 15.0 Å². The molecule has 7 heteroatoms. The number of nitrogens with one attached hydrogen (secondary N) is 1. The average molecular weight is 320 g/mol. The monoisotopic (exact) mass is 320 g/mol. The molecule has 0 bridgehead atoms. The predicted octanol–water partition coefficient (Wildman–Crippen LogP) is 0.116. The highest BCUT2D eigenvalue weighted by Crippen LogP contribution is 2.20. The third-order valence-corrected chi connectivity index (χ3v) is 4.45. The van der Waals surface area contributed by atoms with Crippen molar-refractivity contribution in [2.45, 2.75) is 19.1 Å². The first-order valence-electron chi connectivity index (χ1n) is 8.08. The van der Waals surface area contributed by atoms with Gasteiger partial charge in [-0.1, -0.05) is 0 Å². The second-order valence-electron chi connectivity index (χ2n) is 5.87. The van der Waals surface area contributed by atoms with Crippen LogP contribution in [0.2, 0.25) is 0 Å². The molecule has 1 N–H and O–H groups in total. The summed E-state index contributed by atoms with van der Waals surface area (Å²) in [7, 11) is 1.65. The van der Waals surface area contributed by atoms with Gasteiger partial charge in [0.15, 0.2) is 0 Å². The molecular formula is C16H24N4O3. The summed E-state index contributed by atoms with van der Waals surface area (Å²) in [4.78, 5) is 21.1. The lowest BCUT2D eigenvalue weighted by Crippen LogP contribution is -2.59. The minimum Gasteiger partial charge on any atom is -0.497 e. The van der Waals surface area contributed by atoms with Crippen LogP contribution in [0.1, 0.15) is 6.92 Å². The Kier molecular flexibility index (Phi) is 4.97. The number of carbonyl (C=O) groups is 1. The highest BCUT2D eigenvalue weighted by atomic mass is 16.5. The summed E-state index contributed by atoms with van der Waals surface area (Å²) in [5.41, 5.74) is 0. The molecule has 23 heavy (non-hydrogen) atoms. The van der Waals surface area contributed by atoms with Crippen molar-refractivity contribution in [1.82, 2.24) is 15.2 Å². The number of aromatic nitrogens is 1. The van der Waals surface area contributed by atoms with E-state index < -0.39 is 0 Å². The largest absolute Gasteiger partial charge is 0.497 e. The Balaban J connectivity index is 1.58. The Morgan fingerprint density at radius 3 is 2.87 bits per heavy atom. The molecule has 2 saturated heterocycles. The van der Waals surface area contributed by atoms with Crippen molar-refractivity contribution in [1.29, 1.82) is 0 Å². The number of hydrogen-bond acceptors (Lipinski definition) is 6. The molecule has 1 aromatic heterocycles. The topological polar surface area (TPSA) is 66.9 Å². The maximum Gasteiger partial charge on any atom is 0.242 e. The van der Waals surface area contributed by atoms with Crippen LogP contribution in [-0.2, 0) is 9.53 Å². The molecule has 7 nitrogen and oxygen atoms in total. The number of anilines is 1. The second-order valence-corrected chi connectivity index (χ2v) is 5.87. The highest BCUT2D eigenvalue weighted by Gasteiger charge is 2.33. The lowest BCUT2D eigenvalue weighted by molar-refractivity contribution is -0.139. The molecule has 3 rings (SSSR count). The van der Waals surface area contributed by atoms with E-state index in [1.807, 2.05) is 24.0 Å². The number of morpholine rings is 1. The minimum atomic E-state index is -0.231. The van der Waals surface area contributed by atoms with E-state index >= 15 is 0 Å². The molecule has 0 spiro atoms. The van der Waals surface area contributed by atoms with Gasteiger partial charge in [-0.25, -0.2) is 4.98 Å². The SMILES string of the molecule is COc1ccnc(N2CCN(C(=O)[C@H]3NCCO[C@@H]3C)CC2)c1. The van der Waals surface area contributed by atoms with Gasteiger partial charge in [-0.05, 0) is 13.0 Å². The highest BCUT2D eigenvalue weighted by molar-refractivity contribution is 5.83. The molecule has 1 aromatic rings. The number of piperazine rings is 1. The summed E-state index contributed by atoms with van der Waals surface area (Å²) in [5.74, 6) is 1.82. The zero-order valence-electron chi connectivity index (χ0n) is 13.7. The normalized spacial score (nSPS) is 25.3. The van der Waals surface area contributed by atoms with E-state index in [0.717, 1.165) is 31.2 Å². The fourth-order valence-corrected chi connectivity index (χ4v) is 3.06. The molecule has 2 atom stereocenters. The molecule has 1 amide bonds. The Morgan fingerprint density at radius 2 is 2.17 bits per heavy atom. The first-order chi connectivity index (χ1) is 11.2. The van der Waals surface area contributed by atoms with Crippen LogP contribution in [-0.4, -0.2) is 74.4 Å². The standard InChI is InChI=1S/C16H24N4O3/c1-12-15(18-5-10-23-12)16(21)20-8-6-19(7-9-20)14-11-13(22-2)3-4-17-14/h3-4,11-12,15,18H,5-10H2,1-2H3/t12-,15+/m1/s1. The minimum absolute atomic E-state index is 0.0747. The number of carbonyl (C=O) groups excluding carboxylic acids is 1. The van der Waals surface area contributed by atoms with Crippen LogP contribution in [0.4, 0.5) is 5.82 Å². The quantitative estimate of drug-likeness (QED) is 0.853. The lowest BCUT2D eigenvalue weighted by atomic mass is 10.1. The number of nitrogens with zero attached hydrogens (tertiary/aromatic N) is 3. The second kappa shape index (κ2) is 7.14. The van der Waals surface area contributed by atoms with Crippen LogP contribution in [0.5, 0.6) is 5.75 Å². The molecule has 126 valence electrons. The number of rotatable bonds is 3. The predicted molar refractivity (Wildman–Crippen MR) is 86.8 cm³/mol. The number of ether oxygens (including phenoxy) is 2. The Morgan fingerprint density at radius 1 is 1.39 bits per heavy atom.